The van der Waals surface area contributed by atoms with E-state index in [4.69, 9.17) is 28.1 Å². The highest BCUT2D eigenvalue weighted by atomic mass is 16.6. The van der Waals surface area contributed by atoms with Crippen molar-refractivity contribution in [2.24, 2.45) is 0 Å². The van der Waals surface area contributed by atoms with Crippen molar-refractivity contribution in [3.05, 3.63) is 64.5 Å². The summed E-state index contributed by atoms with van der Waals surface area (Å²) in [5.74, 6) is 0.810. The number of rotatable bonds is 6. The molecule has 0 saturated carbocycles. The zero-order chi connectivity index (χ0) is 26.3. The van der Waals surface area contributed by atoms with Crippen LogP contribution in [0.4, 0.5) is 0 Å². The van der Waals surface area contributed by atoms with Crippen molar-refractivity contribution in [3.63, 3.8) is 0 Å². The van der Waals surface area contributed by atoms with Gasteiger partial charge in [0.15, 0.2) is 46.5 Å². The molecule has 3 N–H and O–H groups in total. The Morgan fingerprint density at radius 2 is 1.59 bits per heavy atom. The lowest BCUT2D eigenvalue weighted by atomic mass is 10.0. The molecule has 0 unspecified atom stereocenters. The molecule has 1 aliphatic rings. The van der Waals surface area contributed by atoms with Gasteiger partial charge in [-0.25, -0.2) is 0 Å². The van der Waals surface area contributed by atoms with E-state index < -0.39 is 18.8 Å². The quantitative estimate of drug-likeness (QED) is 0.353. The molecule has 0 aliphatic carbocycles. The summed E-state index contributed by atoms with van der Waals surface area (Å²) in [6, 6.07) is 10.9. The van der Waals surface area contributed by atoms with E-state index in [1.165, 1.54) is 33.7 Å². The van der Waals surface area contributed by atoms with Crippen molar-refractivity contribution < 1.29 is 43.4 Å². The summed E-state index contributed by atoms with van der Waals surface area (Å²) in [6.07, 6.45) is -0.377. The number of aliphatic hydroxyl groups excluding tert-OH is 1. The highest BCUT2D eigenvalue weighted by Crippen LogP contribution is 2.46. The number of aliphatic hydroxyl groups is 1. The monoisotopic (exact) mass is 508 g/mol. The molecule has 0 amide bonds. The number of ether oxygens (including phenoxy) is 5. The third-order valence-electron chi connectivity index (χ3n) is 6.22. The lowest BCUT2D eigenvalue weighted by Crippen LogP contribution is -2.36. The summed E-state index contributed by atoms with van der Waals surface area (Å²) >= 11 is 0. The van der Waals surface area contributed by atoms with E-state index in [9.17, 15) is 20.1 Å². The van der Waals surface area contributed by atoms with E-state index in [1.54, 1.807) is 36.4 Å². The van der Waals surface area contributed by atoms with Gasteiger partial charge in [-0.15, -0.1) is 0 Å². The fourth-order valence-electron chi connectivity index (χ4n) is 4.34. The van der Waals surface area contributed by atoms with Crippen LogP contribution in [0.1, 0.15) is 11.7 Å². The molecule has 5 rings (SSSR count). The predicted octanol–water partition coefficient (Wildman–Crippen LogP) is 3.77. The van der Waals surface area contributed by atoms with Gasteiger partial charge in [0.2, 0.25) is 16.9 Å². The standard InChI is InChI=1S/C27H24O10/c1-32-18-6-4-13(8-17(18)29)16-12-35-26-15(23(16)30)5-7-19-27(26)37-22(11-28)25(36-19)14-9-20(33-2)24(31)21(10-14)34-3/h4-10,12,22,25,28-29,31H,11H2,1-3H3/t22-,25-/m1/s1. The molecule has 2 heterocycles. The number of hydrogen-bond donors (Lipinski definition) is 3. The normalized spacial score (nSPS) is 16.4. The summed E-state index contributed by atoms with van der Waals surface area (Å²) in [5, 5.41) is 30.7. The van der Waals surface area contributed by atoms with Crippen LogP contribution in [0.25, 0.3) is 22.1 Å². The Morgan fingerprint density at radius 3 is 2.22 bits per heavy atom. The summed E-state index contributed by atoms with van der Waals surface area (Å²) in [4.78, 5) is 13.3. The maximum absolute atomic E-state index is 13.3. The van der Waals surface area contributed by atoms with Gasteiger partial charge in [-0.05, 0) is 42.0 Å². The molecular formula is C27H24O10. The van der Waals surface area contributed by atoms with Gasteiger partial charge in [-0.1, -0.05) is 6.07 Å². The van der Waals surface area contributed by atoms with E-state index in [2.05, 4.69) is 0 Å². The van der Waals surface area contributed by atoms with Crippen molar-refractivity contribution >= 4 is 11.0 Å². The van der Waals surface area contributed by atoms with Gasteiger partial charge in [0.1, 0.15) is 6.26 Å². The first-order valence-corrected chi connectivity index (χ1v) is 11.2. The highest BCUT2D eigenvalue weighted by Gasteiger charge is 2.36. The van der Waals surface area contributed by atoms with Crippen LogP contribution >= 0.6 is 0 Å². The minimum atomic E-state index is -0.874. The molecule has 3 aromatic carbocycles. The largest absolute Gasteiger partial charge is 0.504 e. The Kier molecular flexibility index (Phi) is 6.18. The van der Waals surface area contributed by atoms with Gasteiger partial charge in [-0.2, -0.15) is 0 Å². The SMILES string of the molecule is COc1ccc(-c2coc3c4c(ccc3c2=O)O[C@H](c2cc(OC)c(O)c(OC)c2)[C@@H](CO)O4)cc1O. The topological polar surface area (TPSA) is 137 Å². The van der Waals surface area contributed by atoms with E-state index in [1.807, 2.05) is 0 Å². The van der Waals surface area contributed by atoms with Crippen LogP contribution < -0.4 is 29.1 Å². The summed E-state index contributed by atoms with van der Waals surface area (Å²) in [5.41, 5.74) is 1.04. The minimum absolute atomic E-state index is 0.110. The molecule has 1 aliphatic heterocycles. The predicted molar refractivity (Wildman–Crippen MR) is 132 cm³/mol. The summed E-state index contributed by atoms with van der Waals surface area (Å²) in [6.45, 7) is -0.417. The average molecular weight is 508 g/mol. The maximum Gasteiger partial charge on any atom is 0.205 e. The number of hydrogen-bond acceptors (Lipinski definition) is 10. The first-order valence-electron chi connectivity index (χ1n) is 11.2. The number of fused-ring (bicyclic) bond motifs is 3. The number of aromatic hydroxyl groups is 2. The van der Waals surface area contributed by atoms with Crippen molar-refractivity contribution in [3.8, 4) is 51.4 Å². The molecule has 1 aromatic heterocycles. The zero-order valence-electron chi connectivity index (χ0n) is 20.2. The van der Waals surface area contributed by atoms with Crippen LogP contribution in [0.3, 0.4) is 0 Å². The third kappa shape index (κ3) is 4.01. The van der Waals surface area contributed by atoms with Gasteiger partial charge in [-0.3, -0.25) is 4.79 Å². The van der Waals surface area contributed by atoms with Crippen molar-refractivity contribution in [1.29, 1.82) is 0 Å². The van der Waals surface area contributed by atoms with Crippen molar-refractivity contribution in [2.75, 3.05) is 27.9 Å². The van der Waals surface area contributed by atoms with Crippen molar-refractivity contribution in [1.82, 2.24) is 0 Å². The van der Waals surface area contributed by atoms with Crippen LogP contribution in [-0.2, 0) is 0 Å². The molecule has 0 fully saturated rings. The van der Waals surface area contributed by atoms with Crippen LogP contribution in [0, 0.1) is 0 Å². The van der Waals surface area contributed by atoms with Crippen LogP contribution in [0.5, 0.6) is 40.2 Å². The van der Waals surface area contributed by atoms with Crippen LogP contribution in [-0.4, -0.2) is 49.4 Å². The first-order chi connectivity index (χ1) is 17.9. The minimum Gasteiger partial charge on any atom is -0.504 e. The van der Waals surface area contributed by atoms with Gasteiger partial charge in [0, 0.05) is 5.56 Å². The van der Waals surface area contributed by atoms with Crippen molar-refractivity contribution in [2.45, 2.75) is 12.2 Å². The number of phenolic OH excluding ortho intramolecular Hbond substituents is 2. The molecule has 0 bridgehead atoms. The Labute approximate surface area is 210 Å². The zero-order valence-corrected chi connectivity index (χ0v) is 20.2. The fraction of sp³-hybridized carbons (Fsp3) is 0.222. The number of phenols is 2. The lowest BCUT2D eigenvalue weighted by molar-refractivity contribution is -0.0119. The Hall–Kier alpha value is -4.57. The lowest BCUT2D eigenvalue weighted by Gasteiger charge is -2.33. The second-order valence-electron chi connectivity index (χ2n) is 8.29. The van der Waals surface area contributed by atoms with E-state index >= 15 is 0 Å². The Balaban J connectivity index is 1.57. The first kappa shape index (κ1) is 24.1. The van der Waals surface area contributed by atoms with Gasteiger partial charge < -0.3 is 43.4 Å². The molecule has 37 heavy (non-hydrogen) atoms. The molecule has 0 radical (unpaired) electrons. The van der Waals surface area contributed by atoms with Gasteiger partial charge >= 0.3 is 0 Å². The highest BCUT2D eigenvalue weighted by molar-refractivity contribution is 5.88. The molecular weight excluding hydrogens is 484 g/mol. The Bertz CT molecular complexity index is 1520. The number of benzene rings is 3. The third-order valence-corrected chi connectivity index (χ3v) is 6.22. The van der Waals surface area contributed by atoms with E-state index in [0.29, 0.717) is 16.9 Å². The van der Waals surface area contributed by atoms with Crippen LogP contribution in [0.15, 0.2) is 57.9 Å². The summed E-state index contributed by atoms with van der Waals surface area (Å²) in [7, 11) is 4.25. The molecule has 0 spiro atoms. The van der Waals surface area contributed by atoms with E-state index in [0.717, 1.165) is 0 Å². The van der Waals surface area contributed by atoms with E-state index in [-0.39, 0.29) is 56.5 Å². The smallest absolute Gasteiger partial charge is 0.205 e. The van der Waals surface area contributed by atoms with Gasteiger partial charge in [0.25, 0.3) is 0 Å². The molecule has 0 saturated heterocycles. The second kappa shape index (κ2) is 9.47. The molecule has 192 valence electrons. The maximum atomic E-state index is 13.3. The Morgan fingerprint density at radius 1 is 0.892 bits per heavy atom. The molecule has 2 atom stereocenters. The average Bonchev–Trinajstić information content (AvgIpc) is 2.92. The second-order valence-corrected chi connectivity index (χ2v) is 8.29. The molecule has 4 aromatic rings. The molecule has 10 nitrogen and oxygen atoms in total. The molecule has 10 heteroatoms. The summed E-state index contributed by atoms with van der Waals surface area (Å²) < 4.78 is 33.6. The fourth-order valence-corrected chi connectivity index (χ4v) is 4.34. The van der Waals surface area contributed by atoms with Gasteiger partial charge in [0.05, 0.1) is 38.9 Å². The van der Waals surface area contributed by atoms with Crippen LogP contribution in [0.2, 0.25) is 0 Å². The number of methoxy groups -OCH3 is 3.